The van der Waals surface area contributed by atoms with Crippen molar-refractivity contribution in [2.75, 3.05) is 13.7 Å². The van der Waals surface area contributed by atoms with Gasteiger partial charge >= 0.3 is 0 Å². The first-order valence-electron chi connectivity index (χ1n) is 10.5. The van der Waals surface area contributed by atoms with E-state index in [0.717, 1.165) is 24.0 Å². The molecule has 0 bridgehead atoms. The van der Waals surface area contributed by atoms with E-state index in [2.05, 4.69) is 17.6 Å². The van der Waals surface area contributed by atoms with E-state index in [0.29, 0.717) is 35.3 Å². The molecule has 0 spiro atoms. The molecule has 5 atom stereocenters. The maximum Gasteiger partial charge on any atom is 0.254 e. The number of carbonyl (C=O) groups excluding carboxylic acids is 2. The standard InChI is InChI=1S/C24H26N2O4/c1-24(14-6-4-3-5-7-14)12-30-21-18(23(29)25-2)8-13(9-19(21)24)22(28)26-20-16-10-15(27)11-17(16)20/h3-9,15-17,20,27H,10-12H2,1-2H3,(H,25,29)(H,26,28)/t15-,16-,17+,20+,24?. The Balaban J connectivity index is 1.51. The summed E-state index contributed by atoms with van der Waals surface area (Å²) in [6.07, 6.45) is 1.27. The molecule has 30 heavy (non-hydrogen) atoms. The molecule has 156 valence electrons. The summed E-state index contributed by atoms with van der Waals surface area (Å²) in [5.41, 5.74) is 2.33. The molecule has 1 heterocycles. The van der Waals surface area contributed by atoms with Gasteiger partial charge in [0.2, 0.25) is 0 Å². The minimum absolute atomic E-state index is 0.120. The van der Waals surface area contributed by atoms with Crippen LogP contribution in [-0.2, 0) is 5.41 Å². The maximum absolute atomic E-state index is 13.1. The molecule has 2 fully saturated rings. The average molecular weight is 406 g/mol. The molecular formula is C24H26N2O4. The molecule has 1 unspecified atom stereocenters. The SMILES string of the molecule is CNC(=O)c1cc(C(=O)N[C@H]2[C@@H]3C[C@@H](O)C[C@@H]32)cc2c1OCC2(C)c1ccccc1. The number of fused-ring (bicyclic) bond motifs is 2. The van der Waals surface area contributed by atoms with Crippen molar-refractivity contribution in [3.8, 4) is 5.75 Å². The van der Waals surface area contributed by atoms with E-state index in [-0.39, 0.29) is 24.0 Å². The zero-order valence-corrected chi connectivity index (χ0v) is 17.1. The number of nitrogens with one attached hydrogen (secondary N) is 2. The van der Waals surface area contributed by atoms with Crippen LogP contribution in [0.1, 0.15) is 51.6 Å². The summed E-state index contributed by atoms with van der Waals surface area (Å²) in [6, 6.07) is 13.6. The second-order valence-corrected chi connectivity index (χ2v) is 8.92. The van der Waals surface area contributed by atoms with Crippen molar-refractivity contribution in [1.29, 1.82) is 0 Å². The van der Waals surface area contributed by atoms with E-state index in [4.69, 9.17) is 4.74 Å². The van der Waals surface area contributed by atoms with Gasteiger partial charge in [-0.15, -0.1) is 0 Å². The lowest BCUT2D eigenvalue weighted by Gasteiger charge is -2.24. The summed E-state index contributed by atoms with van der Waals surface area (Å²) in [7, 11) is 1.57. The number of hydrogen-bond acceptors (Lipinski definition) is 4. The summed E-state index contributed by atoms with van der Waals surface area (Å²) in [4.78, 5) is 25.6. The fourth-order valence-corrected chi connectivity index (χ4v) is 5.23. The van der Waals surface area contributed by atoms with Gasteiger partial charge in [-0.1, -0.05) is 30.3 Å². The quantitative estimate of drug-likeness (QED) is 0.727. The summed E-state index contributed by atoms with van der Waals surface area (Å²) >= 11 is 0. The molecule has 2 aromatic carbocycles. The molecule has 3 N–H and O–H groups in total. The highest BCUT2D eigenvalue weighted by Crippen LogP contribution is 2.52. The second kappa shape index (κ2) is 6.84. The first-order chi connectivity index (χ1) is 14.4. The number of carbonyl (C=O) groups is 2. The van der Waals surface area contributed by atoms with Gasteiger partial charge in [-0.25, -0.2) is 0 Å². The number of rotatable bonds is 4. The Morgan fingerprint density at radius 3 is 2.47 bits per heavy atom. The fourth-order valence-electron chi connectivity index (χ4n) is 5.23. The molecular weight excluding hydrogens is 380 g/mol. The molecule has 0 radical (unpaired) electrons. The van der Waals surface area contributed by atoms with Crippen LogP contribution >= 0.6 is 0 Å². The van der Waals surface area contributed by atoms with Gasteiger partial charge in [0, 0.05) is 24.2 Å². The van der Waals surface area contributed by atoms with Gasteiger partial charge in [-0.2, -0.15) is 0 Å². The first-order valence-corrected chi connectivity index (χ1v) is 10.5. The maximum atomic E-state index is 13.1. The van der Waals surface area contributed by atoms with Crippen LogP contribution in [0.3, 0.4) is 0 Å². The van der Waals surface area contributed by atoms with Gasteiger partial charge in [0.1, 0.15) is 12.4 Å². The topological polar surface area (TPSA) is 87.7 Å². The largest absolute Gasteiger partial charge is 0.491 e. The highest BCUT2D eigenvalue weighted by atomic mass is 16.5. The van der Waals surface area contributed by atoms with Crippen LogP contribution in [0.5, 0.6) is 5.75 Å². The van der Waals surface area contributed by atoms with Gasteiger partial charge in [0.25, 0.3) is 11.8 Å². The Morgan fingerprint density at radius 1 is 1.10 bits per heavy atom. The van der Waals surface area contributed by atoms with Crippen LogP contribution in [0.4, 0.5) is 0 Å². The molecule has 1 aliphatic heterocycles. The van der Waals surface area contributed by atoms with Gasteiger partial charge < -0.3 is 20.5 Å². The van der Waals surface area contributed by atoms with Crippen molar-refractivity contribution in [3.63, 3.8) is 0 Å². The molecule has 6 nitrogen and oxygen atoms in total. The third kappa shape index (κ3) is 2.89. The van der Waals surface area contributed by atoms with E-state index in [1.807, 2.05) is 36.4 Å². The molecule has 0 aromatic heterocycles. The van der Waals surface area contributed by atoms with E-state index < -0.39 is 5.41 Å². The minimum atomic E-state index is -0.449. The highest BCUT2D eigenvalue weighted by molar-refractivity contribution is 6.02. The molecule has 5 rings (SSSR count). The van der Waals surface area contributed by atoms with Crippen LogP contribution in [0.2, 0.25) is 0 Å². The molecule has 2 aromatic rings. The van der Waals surface area contributed by atoms with Gasteiger partial charge in [0.05, 0.1) is 17.1 Å². The summed E-state index contributed by atoms with van der Waals surface area (Å²) < 4.78 is 6.00. The second-order valence-electron chi connectivity index (χ2n) is 8.92. The third-order valence-corrected chi connectivity index (χ3v) is 7.05. The molecule has 3 aliphatic rings. The lowest BCUT2D eigenvalue weighted by molar-refractivity contribution is 0.0937. The highest BCUT2D eigenvalue weighted by Gasteiger charge is 2.56. The Kier molecular flexibility index (Phi) is 4.36. The summed E-state index contributed by atoms with van der Waals surface area (Å²) in [5.74, 6) is 0.830. The van der Waals surface area contributed by atoms with Crippen molar-refractivity contribution >= 4 is 11.8 Å². The molecule has 2 amide bonds. The number of amides is 2. The average Bonchev–Trinajstić information content (AvgIpc) is 3.08. The lowest BCUT2D eigenvalue weighted by atomic mass is 9.77. The molecule has 2 aliphatic carbocycles. The van der Waals surface area contributed by atoms with Crippen molar-refractivity contribution in [1.82, 2.24) is 10.6 Å². The number of ether oxygens (including phenoxy) is 1. The van der Waals surface area contributed by atoms with E-state index in [9.17, 15) is 14.7 Å². The van der Waals surface area contributed by atoms with Crippen molar-refractivity contribution in [3.05, 3.63) is 64.7 Å². The number of benzene rings is 2. The fraction of sp³-hybridized carbons (Fsp3) is 0.417. The van der Waals surface area contributed by atoms with Crippen LogP contribution in [0.15, 0.2) is 42.5 Å². The smallest absolute Gasteiger partial charge is 0.254 e. The molecule has 2 saturated carbocycles. The van der Waals surface area contributed by atoms with Gasteiger partial charge in [-0.3, -0.25) is 9.59 Å². The van der Waals surface area contributed by atoms with Crippen molar-refractivity contribution in [2.24, 2.45) is 11.8 Å². The minimum Gasteiger partial charge on any atom is -0.491 e. The Labute approximate surface area is 175 Å². The van der Waals surface area contributed by atoms with E-state index in [1.54, 1.807) is 13.1 Å². The molecule has 0 saturated heterocycles. The predicted molar refractivity (Wildman–Crippen MR) is 112 cm³/mol. The first kappa shape index (κ1) is 19.1. The zero-order chi connectivity index (χ0) is 21.0. The predicted octanol–water partition coefficient (Wildman–Crippen LogP) is 2.24. The summed E-state index contributed by atoms with van der Waals surface area (Å²) in [5, 5.41) is 15.5. The normalized spacial score (nSPS) is 30.8. The Bertz CT molecular complexity index is 1010. The van der Waals surface area contributed by atoms with Crippen molar-refractivity contribution < 1.29 is 19.4 Å². The van der Waals surface area contributed by atoms with E-state index >= 15 is 0 Å². The van der Waals surface area contributed by atoms with Crippen LogP contribution in [0, 0.1) is 11.8 Å². The number of aliphatic hydroxyl groups is 1. The van der Waals surface area contributed by atoms with Gasteiger partial charge in [0.15, 0.2) is 0 Å². The number of aliphatic hydroxyl groups excluding tert-OH is 1. The van der Waals surface area contributed by atoms with Crippen molar-refractivity contribution in [2.45, 2.75) is 37.3 Å². The van der Waals surface area contributed by atoms with Gasteiger partial charge in [-0.05, 0) is 49.3 Å². The Hall–Kier alpha value is -2.86. The third-order valence-electron chi connectivity index (χ3n) is 7.05. The monoisotopic (exact) mass is 406 g/mol. The zero-order valence-electron chi connectivity index (χ0n) is 17.1. The summed E-state index contributed by atoms with van der Waals surface area (Å²) in [6.45, 7) is 2.49. The van der Waals surface area contributed by atoms with Crippen LogP contribution in [0.25, 0.3) is 0 Å². The van der Waals surface area contributed by atoms with Crippen LogP contribution in [-0.4, -0.2) is 42.7 Å². The van der Waals surface area contributed by atoms with Crippen LogP contribution < -0.4 is 15.4 Å². The lowest BCUT2D eigenvalue weighted by Crippen LogP contribution is -2.31. The Morgan fingerprint density at radius 2 is 1.80 bits per heavy atom. The van der Waals surface area contributed by atoms with E-state index in [1.165, 1.54) is 0 Å². The number of hydrogen-bond donors (Lipinski definition) is 3. The molecule has 6 heteroatoms.